The summed E-state index contributed by atoms with van der Waals surface area (Å²) in [5.41, 5.74) is 12.6. The Hall–Kier alpha value is -6.65. The van der Waals surface area contributed by atoms with Gasteiger partial charge in [-0.1, -0.05) is 164 Å². The lowest BCUT2D eigenvalue weighted by Crippen LogP contribution is -2.00. The first kappa shape index (κ1) is 29.5. The van der Waals surface area contributed by atoms with Crippen LogP contribution >= 0.6 is 0 Å². The molecule has 50 heavy (non-hydrogen) atoms. The van der Waals surface area contributed by atoms with Gasteiger partial charge >= 0.3 is 0 Å². The minimum absolute atomic E-state index is 0.624. The normalized spacial score (nSPS) is 11.3. The van der Waals surface area contributed by atoms with Crippen LogP contribution in [0.5, 0.6) is 0 Å². The molecule has 0 unspecified atom stereocenters. The molecule has 0 N–H and O–H groups in total. The lowest BCUT2D eigenvalue weighted by molar-refractivity contribution is 0.666. The minimum atomic E-state index is 0.624. The zero-order chi connectivity index (χ0) is 33.4. The van der Waals surface area contributed by atoms with Gasteiger partial charge in [-0.2, -0.15) is 0 Å². The molecule has 0 fully saturated rings. The Morgan fingerprint density at radius 2 is 0.780 bits per heavy atom. The number of fused-ring (bicyclic) bond motifs is 3. The van der Waals surface area contributed by atoms with Gasteiger partial charge in [0.1, 0.15) is 11.2 Å². The molecule has 7 aromatic carbocycles. The number of hydrogen-bond acceptors (Lipinski definition) is 4. The van der Waals surface area contributed by atoms with Crippen molar-refractivity contribution >= 4 is 21.9 Å². The zero-order valence-corrected chi connectivity index (χ0v) is 27.4. The van der Waals surface area contributed by atoms with Crippen LogP contribution in [0.25, 0.3) is 89.5 Å². The second-order valence-electron chi connectivity index (χ2n) is 12.5. The highest BCUT2D eigenvalue weighted by molar-refractivity contribution is 6.13. The summed E-state index contributed by atoms with van der Waals surface area (Å²) in [5, 5.41) is 2.25. The number of rotatable bonds is 6. The third-order valence-electron chi connectivity index (χ3n) is 9.31. The molecule has 0 aliphatic carbocycles. The predicted octanol–water partition coefficient (Wildman–Crippen LogP) is 12.1. The SMILES string of the molecule is Cc1cccc2c1oc1cccc(-c3ccc(-c4nc(-c5ccc(-c6ccccc6)cc5)nc(-c5ccc(-c6ccccc6)cc5)n4)cc3)c12. The molecule has 0 bridgehead atoms. The summed E-state index contributed by atoms with van der Waals surface area (Å²) >= 11 is 0. The summed E-state index contributed by atoms with van der Waals surface area (Å²) in [6, 6.07) is 58.7. The van der Waals surface area contributed by atoms with Gasteiger partial charge in [0.05, 0.1) is 0 Å². The van der Waals surface area contributed by atoms with Crippen LogP contribution in [0.2, 0.25) is 0 Å². The molecule has 0 amide bonds. The van der Waals surface area contributed by atoms with E-state index in [2.05, 4.69) is 159 Å². The molecule has 0 aliphatic rings. The number of hydrogen-bond donors (Lipinski definition) is 0. The van der Waals surface area contributed by atoms with Crippen molar-refractivity contribution < 1.29 is 4.42 Å². The van der Waals surface area contributed by atoms with Crippen molar-refractivity contribution in [3.8, 4) is 67.5 Å². The van der Waals surface area contributed by atoms with Crippen molar-refractivity contribution in [2.24, 2.45) is 0 Å². The monoisotopic (exact) mass is 641 g/mol. The quantitative estimate of drug-likeness (QED) is 0.181. The van der Waals surface area contributed by atoms with Crippen molar-refractivity contribution in [3.05, 3.63) is 175 Å². The van der Waals surface area contributed by atoms with E-state index < -0.39 is 0 Å². The van der Waals surface area contributed by atoms with Crippen molar-refractivity contribution in [2.45, 2.75) is 6.92 Å². The second-order valence-corrected chi connectivity index (χ2v) is 12.5. The molecule has 2 heterocycles. The molecule has 0 spiro atoms. The lowest BCUT2D eigenvalue weighted by atomic mass is 9.98. The Morgan fingerprint density at radius 3 is 1.28 bits per heavy atom. The second kappa shape index (κ2) is 12.4. The third-order valence-corrected chi connectivity index (χ3v) is 9.31. The summed E-state index contributed by atoms with van der Waals surface area (Å²) in [5.74, 6) is 1.88. The third kappa shape index (κ3) is 5.43. The first-order valence-corrected chi connectivity index (χ1v) is 16.8. The molecule has 2 aromatic heterocycles. The van der Waals surface area contributed by atoms with E-state index in [-0.39, 0.29) is 0 Å². The van der Waals surface area contributed by atoms with E-state index in [0.29, 0.717) is 17.5 Å². The van der Waals surface area contributed by atoms with E-state index in [1.807, 2.05) is 18.2 Å². The Kier molecular flexibility index (Phi) is 7.33. The van der Waals surface area contributed by atoms with E-state index in [1.165, 1.54) is 11.1 Å². The zero-order valence-electron chi connectivity index (χ0n) is 27.4. The summed E-state index contributed by atoms with van der Waals surface area (Å²) in [4.78, 5) is 15.0. The van der Waals surface area contributed by atoms with Gasteiger partial charge in [0, 0.05) is 27.5 Å². The summed E-state index contributed by atoms with van der Waals surface area (Å²) in [7, 11) is 0. The number of para-hydroxylation sites is 1. The van der Waals surface area contributed by atoms with Crippen LogP contribution in [0, 0.1) is 6.92 Å². The van der Waals surface area contributed by atoms with Crippen LogP contribution in [0.3, 0.4) is 0 Å². The fourth-order valence-corrected chi connectivity index (χ4v) is 6.68. The van der Waals surface area contributed by atoms with E-state index in [4.69, 9.17) is 19.4 Å². The Balaban J connectivity index is 1.12. The molecule has 9 rings (SSSR count). The smallest absolute Gasteiger partial charge is 0.164 e. The number of aromatic nitrogens is 3. The van der Waals surface area contributed by atoms with Gasteiger partial charge < -0.3 is 4.42 Å². The highest BCUT2D eigenvalue weighted by Crippen LogP contribution is 2.38. The van der Waals surface area contributed by atoms with Crippen molar-refractivity contribution in [3.63, 3.8) is 0 Å². The van der Waals surface area contributed by atoms with Gasteiger partial charge in [0.15, 0.2) is 17.5 Å². The van der Waals surface area contributed by atoms with Gasteiger partial charge in [0.2, 0.25) is 0 Å². The number of aryl methyl sites for hydroxylation is 1. The van der Waals surface area contributed by atoms with Crippen LogP contribution in [-0.4, -0.2) is 15.0 Å². The number of nitrogens with zero attached hydrogens (tertiary/aromatic N) is 3. The largest absolute Gasteiger partial charge is 0.456 e. The molecule has 0 aliphatic heterocycles. The van der Waals surface area contributed by atoms with Gasteiger partial charge in [-0.3, -0.25) is 0 Å². The van der Waals surface area contributed by atoms with Crippen LogP contribution in [0.4, 0.5) is 0 Å². The van der Waals surface area contributed by atoms with E-state index >= 15 is 0 Å². The Bertz CT molecular complexity index is 2510. The van der Waals surface area contributed by atoms with Crippen LogP contribution in [0.1, 0.15) is 5.56 Å². The van der Waals surface area contributed by atoms with Crippen LogP contribution < -0.4 is 0 Å². The van der Waals surface area contributed by atoms with Crippen molar-refractivity contribution in [1.82, 2.24) is 15.0 Å². The van der Waals surface area contributed by atoms with E-state index in [1.54, 1.807) is 0 Å². The van der Waals surface area contributed by atoms with Gasteiger partial charge in [0.25, 0.3) is 0 Å². The van der Waals surface area contributed by atoms with Crippen molar-refractivity contribution in [1.29, 1.82) is 0 Å². The fourth-order valence-electron chi connectivity index (χ4n) is 6.68. The average Bonchev–Trinajstić information content (AvgIpc) is 3.59. The molecule has 0 atom stereocenters. The highest BCUT2D eigenvalue weighted by atomic mass is 16.3. The molecule has 0 saturated heterocycles. The molecule has 0 saturated carbocycles. The Labute approximate surface area is 290 Å². The standard InChI is InChI=1S/C46H31N3O/c1-30-10-8-16-40-42-39(15-9-17-41(42)50-43(30)40)35-22-28-38(29-23-35)46-48-44(36-24-18-33(19-25-36)31-11-4-2-5-12-31)47-45(49-46)37-26-20-34(21-27-37)32-13-6-3-7-14-32/h2-29H,1H3. The lowest BCUT2D eigenvalue weighted by Gasteiger charge is -2.10. The molecule has 4 heteroatoms. The summed E-state index contributed by atoms with van der Waals surface area (Å²) in [6.45, 7) is 2.09. The van der Waals surface area contributed by atoms with Crippen LogP contribution in [-0.2, 0) is 0 Å². The Morgan fingerprint density at radius 1 is 0.360 bits per heavy atom. The van der Waals surface area contributed by atoms with E-state index in [9.17, 15) is 0 Å². The highest BCUT2D eigenvalue weighted by Gasteiger charge is 2.16. The number of furan rings is 1. The molecule has 0 radical (unpaired) electrons. The summed E-state index contributed by atoms with van der Waals surface area (Å²) < 4.78 is 6.29. The fraction of sp³-hybridized carbons (Fsp3) is 0.0217. The molecular weight excluding hydrogens is 611 g/mol. The van der Waals surface area contributed by atoms with Crippen LogP contribution in [0.15, 0.2) is 174 Å². The maximum absolute atomic E-state index is 6.29. The first-order valence-electron chi connectivity index (χ1n) is 16.8. The van der Waals surface area contributed by atoms with Gasteiger partial charge in [-0.05, 0) is 51.9 Å². The minimum Gasteiger partial charge on any atom is -0.456 e. The molecule has 9 aromatic rings. The maximum Gasteiger partial charge on any atom is 0.164 e. The summed E-state index contributed by atoms with van der Waals surface area (Å²) in [6.07, 6.45) is 0. The molecular formula is C46H31N3O. The molecule has 236 valence electrons. The van der Waals surface area contributed by atoms with Gasteiger partial charge in [-0.15, -0.1) is 0 Å². The number of benzene rings is 7. The maximum atomic E-state index is 6.29. The van der Waals surface area contributed by atoms with E-state index in [0.717, 1.165) is 66.4 Å². The predicted molar refractivity (Wildman–Crippen MR) is 204 cm³/mol. The van der Waals surface area contributed by atoms with Crippen molar-refractivity contribution in [2.75, 3.05) is 0 Å². The van der Waals surface area contributed by atoms with Gasteiger partial charge in [-0.25, -0.2) is 15.0 Å². The topological polar surface area (TPSA) is 51.8 Å². The first-order chi connectivity index (χ1) is 24.7. The molecule has 4 nitrogen and oxygen atoms in total. The average molecular weight is 642 g/mol.